The third-order valence-corrected chi connectivity index (χ3v) is 4.09. The number of carboxylic acid groups (broad SMARTS) is 1. The van der Waals surface area contributed by atoms with E-state index in [9.17, 15) is 9.90 Å². The van der Waals surface area contributed by atoms with Gasteiger partial charge in [0.1, 0.15) is 5.82 Å². The fourth-order valence-corrected chi connectivity index (χ4v) is 3.15. The Bertz CT molecular complexity index is 648. The van der Waals surface area contributed by atoms with Crippen molar-refractivity contribution in [1.82, 2.24) is 14.3 Å². The first-order valence-electron chi connectivity index (χ1n) is 7.04. The number of rotatable bonds is 3. The Morgan fingerprint density at radius 1 is 1.50 bits per heavy atom. The first-order chi connectivity index (χ1) is 9.59. The van der Waals surface area contributed by atoms with Crippen LogP contribution in [0.25, 0.3) is 5.52 Å². The number of likely N-dealkylation sites (tertiary alicyclic amines) is 1. The molecule has 0 saturated carbocycles. The molecule has 0 spiro atoms. The zero-order valence-corrected chi connectivity index (χ0v) is 11.8. The smallest absolute Gasteiger partial charge is 0.337 e. The van der Waals surface area contributed by atoms with Gasteiger partial charge in [-0.05, 0) is 45.4 Å². The summed E-state index contributed by atoms with van der Waals surface area (Å²) in [5.74, 6) is 0.0449. The summed E-state index contributed by atoms with van der Waals surface area (Å²) < 4.78 is 1.93. The van der Waals surface area contributed by atoms with Crippen molar-refractivity contribution >= 4 is 11.5 Å². The summed E-state index contributed by atoms with van der Waals surface area (Å²) in [5, 5.41) is 9.25. The average molecular weight is 273 g/mol. The van der Waals surface area contributed by atoms with E-state index in [0.29, 0.717) is 17.1 Å². The van der Waals surface area contributed by atoms with Crippen molar-refractivity contribution in [2.24, 2.45) is 0 Å². The lowest BCUT2D eigenvalue weighted by atomic mass is 10.2. The van der Waals surface area contributed by atoms with Crippen LogP contribution in [0.2, 0.25) is 0 Å². The van der Waals surface area contributed by atoms with Gasteiger partial charge in [-0.25, -0.2) is 9.78 Å². The lowest BCUT2D eigenvalue weighted by Gasteiger charge is -2.27. The minimum Gasteiger partial charge on any atom is -0.478 e. The van der Waals surface area contributed by atoms with Crippen LogP contribution >= 0.6 is 0 Å². The van der Waals surface area contributed by atoms with Gasteiger partial charge in [-0.2, -0.15) is 0 Å². The number of aromatic carboxylic acids is 1. The SMILES string of the molecule is CC(C)N1CCCC1c1ncc2c(C(=O)O)cccn12. The van der Waals surface area contributed by atoms with Crippen LogP contribution in [0.1, 0.15) is 48.9 Å². The topological polar surface area (TPSA) is 57.8 Å². The molecule has 20 heavy (non-hydrogen) atoms. The molecule has 2 aromatic rings. The maximum absolute atomic E-state index is 11.3. The molecule has 1 unspecified atom stereocenters. The van der Waals surface area contributed by atoms with Crippen molar-refractivity contribution in [1.29, 1.82) is 0 Å². The molecule has 2 aromatic heterocycles. The molecular weight excluding hydrogens is 254 g/mol. The minimum atomic E-state index is -0.908. The van der Waals surface area contributed by atoms with Gasteiger partial charge in [-0.15, -0.1) is 0 Å². The molecule has 0 amide bonds. The number of carboxylic acids is 1. The van der Waals surface area contributed by atoms with Crippen molar-refractivity contribution in [3.8, 4) is 0 Å². The van der Waals surface area contributed by atoms with Crippen molar-refractivity contribution < 1.29 is 9.90 Å². The lowest BCUT2D eigenvalue weighted by Crippen LogP contribution is -2.31. The normalized spacial score (nSPS) is 20.1. The second-order valence-electron chi connectivity index (χ2n) is 5.59. The van der Waals surface area contributed by atoms with Crippen LogP contribution < -0.4 is 0 Å². The molecule has 3 heterocycles. The number of pyridine rings is 1. The molecule has 0 aliphatic carbocycles. The molecule has 1 aliphatic rings. The fraction of sp³-hybridized carbons (Fsp3) is 0.467. The van der Waals surface area contributed by atoms with Crippen LogP contribution in [0.4, 0.5) is 0 Å². The number of carbonyl (C=O) groups is 1. The van der Waals surface area contributed by atoms with Gasteiger partial charge >= 0.3 is 5.97 Å². The molecule has 106 valence electrons. The standard InChI is InChI=1S/C15H19N3O2/c1-10(2)17-7-4-6-12(17)14-16-9-13-11(15(19)20)5-3-8-18(13)14/h3,5,8-10,12H,4,6-7H2,1-2H3,(H,19,20). The lowest BCUT2D eigenvalue weighted by molar-refractivity contribution is 0.0698. The van der Waals surface area contributed by atoms with Gasteiger partial charge in [0.2, 0.25) is 0 Å². The predicted molar refractivity (Wildman–Crippen MR) is 76.0 cm³/mol. The Morgan fingerprint density at radius 2 is 2.30 bits per heavy atom. The molecule has 1 N–H and O–H groups in total. The van der Waals surface area contributed by atoms with E-state index in [1.807, 2.05) is 10.6 Å². The summed E-state index contributed by atoms with van der Waals surface area (Å²) in [4.78, 5) is 18.2. The number of imidazole rings is 1. The number of hydrogen-bond donors (Lipinski definition) is 1. The molecule has 3 rings (SSSR count). The van der Waals surface area contributed by atoms with E-state index < -0.39 is 5.97 Å². The molecule has 1 saturated heterocycles. The number of fused-ring (bicyclic) bond motifs is 1. The zero-order valence-electron chi connectivity index (χ0n) is 11.8. The maximum atomic E-state index is 11.3. The summed E-state index contributed by atoms with van der Waals surface area (Å²) in [7, 11) is 0. The van der Waals surface area contributed by atoms with E-state index in [-0.39, 0.29) is 6.04 Å². The molecule has 5 heteroatoms. The van der Waals surface area contributed by atoms with E-state index >= 15 is 0 Å². The Hall–Kier alpha value is -1.88. The van der Waals surface area contributed by atoms with Crippen molar-refractivity contribution in [3.63, 3.8) is 0 Å². The maximum Gasteiger partial charge on any atom is 0.337 e. The van der Waals surface area contributed by atoms with Gasteiger partial charge in [0.05, 0.1) is 23.3 Å². The summed E-state index contributed by atoms with van der Waals surface area (Å²) in [5.41, 5.74) is 0.978. The number of hydrogen-bond acceptors (Lipinski definition) is 3. The van der Waals surface area contributed by atoms with Gasteiger partial charge < -0.3 is 9.51 Å². The first kappa shape index (κ1) is 13.1. The van der Waals surface area contributed by atoms with Gasteiger partial charge in [0.15, 0.2) is 0 Å². The van der Waals surface area contributed by atoms with Crippen LogP contribution in [-0.2, 0) is 0 Å². The third kappa shape index (κ3) is 1.98. The van der Waals surface area contributed by atoms with Crippen molar-refractivity contribution in [2.45, 2.75) is 38.8 Å². The van der Waals surface area contributed by atoms with Crippen LogP contribution in [0, 0.1) is 0 Å². The predicted octanol–water partition coefficient (Wildman–Crippen LogP) is 2.58. The molecule has 0 bridgehead atoms. The monoisotopic (exact) mass is 273 g/mol. The van der Waals surface area contributed by atoms with Gasteiger partial charge in [0.25, 0.3) is 0 Å². The molecule has 0 aromatic carbocycles. The summed E-state index contributed by atoms with van der Waals surface area (Å²) in [6.45, 7) is 5.46. The zero-order chi connectivity index (χ0) is 14.3. The minimum absolute atomic E-state index is 0.279. The average Bonchev–Trinajstić information content (AvgIpc) is 3.03. The van der Waals surface area contributed by atoms with E-state index in [4.69, 9.17) is 0 Å². The summed E-state index contributed by atoms with van der Waals surface area (Å²) in [6, 6.07) is 4.15. The summed E-state index contributed by atoms with van der Waals surface area (Å²) >= 11 is 0. The molecule has 5 nitrogen and oxygen atoms in total. The Labute approximate surface area is 117 Å². The highest BCUT2D eigenvalue weighted by Gasteiger charge is 2.31. The molecular formula is C15H19N3O2. The van der Waals surface area contributed by atoms with E-state index in [1.165, 1.54) is 0 Å². The molecule has 1 aliphatic heterocycles. The second-order valence-corrected chi connectivity index (χ2v) is 5.59. The van der Waals surface area contributed by atoms with Gasteiger partial charge in [-0.1, -0.05) is 0 Å². The van der Waals surface area contributed by atoms with Crippen molar-refractivity contribution in [3.05, 3.63) is 35.9 Å². The number of aromatic nitrogens is 2. The Kier molecular flexibility index (Phi) is 3.22. The van der Waals surface area contributed by atoms with Crippen LogP contribution in [0.5, 0.6) is 0 Å². The van der Waals surface area contributed by atoms with E-state index in [2.05, 4.69) is 23.7 Å². The fourth-order valence-electron chi connectivity index (χ4n) is 3.15. The van der Waals surface area contributed by atoms with Crippen LogP contribution in [0.15, 0.2) is 24.5 Å². The second kappa shape index (κ2) is 4.90. The van der Waals surface area contributed by atoms with Gasteiger partial charge in [0, 0.05) is 12.2 Å². The highest BCUT2D eigenvalue weighted by atomic mass is 16.4. The first-order valence-corrected chi connectivity index (χ1v) is 7.04. The largest absolute Gasteiger partial charge is 0.478 e. The highest BCUT2D eigenvalue weighted by molar-refractivity contribution is 5.95. The molecule has 0 radical (unpaired) electrons. The Balaban J connectivity index is 2.09. The van der Waals surface area contributed by atoms with E-state index in [0.717, 1.165) is 25.2 Å². The number of nitrogens with zero attached hydrogens (tertiary/aromatic N) is 3. The van der Waals surface area contributed by atoms with Crippen LogP contribution in [-0.4, -0.2) is 37.9 Å². The van der Waals surface area contributed by atoms with E-state index in [1.54, 1.807) is 18.3 Å². The third-order valence-electron chi connectivity index (χ3n) is 4.09. The molecule has 1 atom stereocenters. The summed E-state index contributed by atoms with van der Waals surface area (Å²) in [6.07, 6.45) is 5.82. The quantitative estimate of drug-likeness (QED) is 0.933. The highest BCUT2D eigenvalue weighted by Crippen LogP contribution is 2.33. The van der Waals surface area contributed by atoms with Gasteiger partial charge in [-0.3, -0.25) is 4.90 Å². The van der Waals surface area contributed by atoms with Crippen molar-refractivity contribution in [2.75, 3.05) is 6.54 Å². The van der Waals surface area contributed by atoms with Crippen LogP contribution in [0.3, 0.4) is 0 Å². The molecule has 1 fully saturated rings. The Morgan fingerprint density at radius 3 is 3.00 bits per heavy atom.